The minimum Gasteiger partial charge on any atom is -0.452 e. The number of benzene rings is 1. The van der Waals surface area contributed by atoms with Crippen molar-refractivity contribution in [1.29, 1.82) is 0 Å². The number of ether oxygens (including phenoxy) is 1. The number of amides is 1. The fourth-order valence-electron chi connectivity index (χ4n) is 2.53. The summed E-state index contributed by atoms with van der Waals surface area (Å²) in [5, 5.41) is 0. The van der Waals surface area contributed by atoms with Gasteiger partial charge >= 0.3 is 5.97 Å². The minimum atomic E-state index is -3.95. The minimum absolute atomic E-state index is 0.134. The lowest BCUT2D eigenvalue weighted by Crippen LogP contribution is -2.40. The van der Waals surface area contributed by atoms with Gasteiger partial charge in [0.05, 0.1) is 4.90 Å². The molecular weight excluding hydrogens is 351 g/mol. The van der Waals surface area contributed by atoms with Crippen molar-refractivity contribution in [2.75, 3.05) is 26.7 Å². The molecule has 0 radical (unpaired) electrons. The molecule has 2 rings (SSSR count). The third-order valence-corrected chi connectivity index (χ3v) is 5.76. The highest BCUT2D eigenvalue weighted by Gasteiger charge is 2.28. The van der Waals surface area contributed by atoms with Crippen molar-refractivity contribution in [2.24, 2.45) is 0 Å². The number of nitrogens with zero attached hydrogens (tertiary/aromatic N) is 2. The molecule has 1 fully saturated rings. The van der Waals surface area contributed by atoms with Gasteiger partial charge in [-0.1, -0.05) is 0 Å². The summed E-state index contributed by atoms with van der Waals surface area (Å²) in [6.45, 7) is 2.20. The molecule has 1 aliphatic heterocycles. The fraction of sp³-hybridized carbons (Fsp3) is 0.500. The van der Waals surface area contributed by atoms with Crippen LogP contribution in [0.3, 0.4) is 0 Å². The second-order valence-electron chi connectivity index (χ2n) is 5.88. The Balaban J connectivity index is 1.94. The summed E-state index contributed by atoms with van der Waals surface area (Å²) < 4.78 is 43.4. The van der Waals surface area contributed by atoms with Crippen LogP contribution in [0.4, 0.5) is 4.39 Å². The molecule has 1 amide bonds. The van der Waals surface area contributed by atoms with Crippen LogP contribution in [0.5, 0.6) is 0 Å². The second kappa shape index (κ2) is 7.92. The molecule has 7 nitrogen and oxygen atoms in total. The molecule has 0 aromatic heterocycles. The van der Waals surface area contributed by atoms with E-state index in [1.54, 1.807) is 4.90 Å². The van der Waals surface area contributed by atoms with Crippen LogP contribution in [-0.4, -0.2) is 62.3 Å². The first-order chi connectivity index (χ1) is 11.7. The Morgan fingerprint density at radius 1 is 1.24 bits per heavy atom. The average molecular weight is 372 g/mol. The van der Waals surface area contributed by atoms with E-state index in [0.717, 1.165) is 41.4 Å². The van der Waals surface area contributed by atoms with E-state index >= 15 is 0 Å². The van der Waals surface area contributed by atoms with Crippen molar-refractivity contribution in [3.05, 3.63) is 30.1 Å². The summed E-state index contributed by atoms with van der Waals surface area (Å²) in [4.78, 5) is 25.5. The Hall–Kier alpha value is -2.00. The number of sulfonamides is 1. The highest BCUT2D eigenvalue weighted by molar-refractivity contribution is 7.89. The number of likely N-dealkylation sites (N-methyl/N-ethyl adjacent to an activating group) is 1. The molecule has 0 saturated carbocycles. The van der Waals surface area contributed by atoms with Gasteiger partial charge in [-0.3, -0.25) is 9.59 Å². The fourth-order valence-corrected chi connectivity index (χ4v) is 3.65. The summed E-state index contributed by atoms with van der Waals surface area (Å²) in [5.74, 6) is -1.67. The van der Waals surface area contributed by atoms with Gasteiger partial charge in [0.1, 0.15) is 12.4 Å². The summed E-state index contributed by atoms with van der Waals surface area (Å²) in [6, 6.07) is 4.28. The van der Waals surface area contributed by atoms with Crippen molar-refractivity contribution in [2.45, 2.75) is 30.8 Å². The summed E-state index contributed by atoms with van der Waals surface area (Å²) in [5.41, 5.74) is 0. The van der Waals surface area contributed by atoms with Gasteiger partial charge in [0.15, 0.2) is 6.10 Å². The van der Waals surface area contributed by atoms with Crippen LogP contribution in [0, 0.1) is 5.82 Å². The van der Waals surface area contributed by atoms with Crippen molar-refractivity contribution in [3.63, 3.8) is 0 Å². The number of carbonyl (C=O) groups excluding carboxylic acids is 2. The van der Waals surface area contributed by atoms with Crippen LogP contribution in [0.25, 0.3) is 0 Å². The number of halogens is 1. The van der Waals surface area contributed by atoms with E-state index in [1.165, 1.54) is 14.0 Å². The van der Waals surface area contributed by atoms with Crippen molar-refractivity contribution >= 4 is 21.9 Å². The van der Waals surface area contributed by atoms with Crippen molar-refractivity contribution in [3.8, 4) is 0 Å². The number of hydrogen-bond acceptors (Lipinski definition) is 5. The van der Waals surface area contributed by atoms with Gasteiger partial charge in [0, 0.05) is 20.1 Å². The molecule has 9 heteroatoms. The molecule has 0 N–H and O–H groups in total. The van der Waals surface area contributed by atoms with Gasteiger partial charge in [0.2, 0.25) is 10.0 Å². The third-order valence-electron chi connectivity index (χ3n) is 3.95. The molecule has 1 atom stereocenters. The molecule has 0 spiro atoms. The standard InChI is InChI=1S/C16H21FN2O5S/c1-12(16(21)19-9-3-4-10-19)24-15(20)11-18(2)25(22,23)14-7-5-13(17)6-8-14/h5-8,12H,3-4,9-11H2,1-2H3. The maximum Gasteiger partial charge on any atom is 0.322 e. The van der Waals surface area contributed by atoms with Gasteiger partial charge in [0.25, 0.3) is 5.91 Å². The molecule has 1 heterocycles. The summed E-state index contributed by atoms with van der Waals surface area (Å²) in [7, 11) is -2.74. The van der Waals surface area contributed by atoms with E-state index in [9.17, 15) is 22.4 Å². The lowest BCUT2D eigenvalue weighted by Gasteiger charge is -2.22. The monoisotopic (exact) mass is 372 g/mol. The number of hydrogen-bond donors (Lipinski definition) is 0. The Kier molecular flexibility index (Phi) is 6.12. The topological polar surface area (TPSA) is 84.0 Å². The van der Waals surface area contributed by atoms with Crippen LogP contribution < -0.4 is 0 Å². The highest BCUT2D eigenvalue weighted by Crippen LogP contribution is 2.15. The van der Waals surface area contributed by atoms with Crippen LogP contribution >= 0.6 is 0 Å². The molecule has 25 heavy (non-hydrogen) atoms. The lowest BCUT2D eigenvalue weighted by atomic mass is 10.3. The number of likely N-dealkylation sites (tertiary alicyclic amines) is 1. The first-order valence-corrected chi connectivity index (χ1v) is 9.36. The molecule has 138 valence electrons. The van der Waals surface area contributed by atoms with E-state index in [2.05, 4.69) is 0 Å². The predicted molar refractivity (Wildman–Crippen MR) is 87.6 cm³/mol. The molecular formula is C16H21FN2O5S. The van der Waals surface area contributed by atoms with Gasteiger partial charge in [-0.25, -0.2) is 12.8 Å². The summed E-state index contributed by atoms with van der Waals surface area (Å²) >= 11 is 0. The smallest absolute Gasteiger partial charge is 0.322 e. The molecule has 1 aromatic rings. The SMILES string of the molecule is CC(OC(=O)CN(C)S(=O)(=O)c1ccc(F)cc1)C(=O)N1CCCC1. The molecule has 1 aliphatic rings. The van der Waals surface area contributed by atoms with Crippen molar-refractivity contribution in [1.82, 2.24) is 9.21 Å². The zero-order valence-corrected chi connectivity index (χ0v) is 15.0. The van der Waals surface area contributed by atoms with Crippen LogP contribution in [0.2, 0.25) is 0 Å². The Labute approximate surface area is 146 Å². The predicted octanol–water partition coefficient (Wildman–Crippen LogP) is 1.00. The first-order valence-electron chi connectivity index (χ1n) is 7.92. The maximum atomic E-state index is 12.9. The van der Waals surface area contributed by atoms with E-state index in [-0.39, 0.29) is 10.8 Å². The maximum absolute atomic E-state index is 12.9. The molecule has 0 bridgehead atoms. The Bertz CT molecular complexity index is 729. The van der Waals surface area contributed by atoms with Gasteiger partial charge in [-0.05, 0) is 44.0 Å². The average Bonchev–Trinajstić information content (AvgIpc) is 3.08. The normalized spacial score (nSPS) is 16.1. The van der Waals surface area contributed by atoms with Crippen LogP contribution in [-0.2, 0) is 24.3 Å². The zero-order chi connectivity index (χ0) is 18.6. The highest BCUT2D eigenvalue weighted by atomic mass is 32.2. The molecule has 0 aliphatic carbocycles. The molecule has 1 unspecified atom stereocenters. The van der Waals surface area contributed by atoms with Gasteiger partial charge < -0.3 is 9.64 Å². The number of rotatable bonds is 6. The van der Waals surface area contributed by atoms with E-state index < -0.39 is 34.5 Å². The lowest BCUT2D eigenvalue weighted by molar-refractivity contribution is -0.158. The van der Waals surface area contributed by atoms with Crippen LogP contribution in [0.15, 0.2) is 29.2 Å². The largest absolute Gasteiger partial charge is 0.452 e. The first kappa shape index (κ1) is 19.3. The number of carbonyl (C=O) groups is 2. The second-order valence-corrected chi connectivity index (χ2v) is 7.92. The molecule has 1 saturated heterocycles. The van der Waals surface area contributed by atoms with E-state index in [4.69, 9.17) is 4.74 Å². The quantitative estimate of drug-likeness (QED) is 0.696. The van der Waals surface area contributed by atoms with E-state index in [0.29, 0.717) is 13.1 Å². The number of esters is 1. The molecule has 1 aromatic carbocycles. The third kappa shape index (κ3) is 4.76. The van der Waals surface area contributed by atoms with Gasteiger partial charge in [-0.15, -0.1) is 0 Å². The van der Waals surface area contributed by atoms with E-state index in [1.807, 2.05) is 0 Å². The van der Waals surface area contributed by atoms with Crippen LogP contribution in [0.1, 0.15) is 19.8 Å². The summed E-state index contributed by atoms with van der Waals surface area (Å²) in [6.07, 6.45) is 0.878. The van der Waals surface area contributed by atoms with Gasteiger partial charge in [-0.2, -0.15) is 4.31 Å². The Morgan fingerprint density at radius 2 is 1.80 bits per heavy atom. The Morgan fingerprint density at radius 3 is 2.36 bits per heavy atom. The zero-order valence-electron chi connectivity index (χ0n) is 14.1. The van der Waals surface area contributed by atoms with Crippen molar-refractivity contribution < 1.29 is 27.1 Å².